The van der Waals surface area contributed by atoms with Crippen molar-refractivity contribution >= 4 is 23.3 Å². The van der Waals surface area contributed by atoms with Gasteiger partial charge in [-0.2, -0.15) is 0 Å². The van der Waals surface area contributed by atoms with E-state index in [9.17, 15) is 19.5 Å². The number of Topliss-reactive ketones (excluding diaryl/α,β-unsaturated/α-hetero) is 1. The maximum Gasteiger partial charge on any atom is 0.304 e. The molecule has 6 nitrogen and oxygen atoms in total. The number of nitrogens with two attached hydrogens (primary N) is 1. The number of anilines is 1. The molecule has 1 aliphatic rings. The van der Waals surface area contributed by atoms with Crippen LogP contribution in [0, 0.1) is 5.92 Å². The molecule has 0 heterocycles. The second kappa shape index (κ2) is 7.94. The molecule has 3 rings (SSSR count). The summed E-state index contributed by atoms with van der Waals surface area (Å²) < 4.78 is 0. The highest BCUT2D eigenvalue weighted by Crippen LogP contribution is 2.42. The molecule has 1 aliphatic carbocycles. The van der Waals surface area contributed by atoms with Crippen LogP contribution in [-0.2, 0) is 21.4 Å². The van der Waals surface area contributed by atoms with Gasteiger partial charge >= 0.3 is 5.97 Å². The van der Waals surface area contributed by atoms with E-state index < -0.39 is 17.3 Å². The molecule has 0 saturated heterocycles. The minimum absolute atomic E-state index is 0.0685. The Morgan fingerprint density at radius 2 is 1.93 bits per heavy atom. The van der Waals surface area contributed by atoms with Crippen molar-refractivity contribution in [1.82, 2.24) is 0 Å². The first-order valence-corrected chi connectivity index (χ1v) is 9.29. The third-order valence-electron chi connectivity index (χ3n) is 5.56. The van der Waals surface area contributed by atoms with E-state index in [0.29, 0.717) is 24.1 Å². The van der Waals surface area contributed by atoms with Crippen molar-refractivity contribution in [3.8, 4) is 0 Å². The highest BCUT2D eigenvalue weighted by Gasteiger charge is 2.46. The Morgan fingerprint density at radius 1 is 1.21 bits per heavy atom. The summed E-state index contributed by atoms with van der Waals surface area (Å²) in [5.74, 6) is -1.76. The highest BCUT2D eigenvalue weighted by molar-refractivity contribution is 6.02. The maximum absolute atomic E-state index is 13.4. The van der Waals surface area contributed by atoms with Crippen LogP contribution in [0.15, 0.2) is 48.5 Å². The zero-order chi connectivity index (χ0) is 20.3. The Labute approximate surface area is 163 Å². The van der Waals surface area contributed by atoms with Crippen LogP contribution in [-0.4, -0.2) is 29.3 Å². The fraction of sp³-hybridized carbons (Fsp3) is 0.318. The van der Waals surface area contributed by atoms with Gasteiger partial charge < -0.3 is 16.2 Å². The number of aliphatic carboxylic acids is 1. The number of carboxylic acid groups (broad SMARTS) is 1. The van der Waals surface area contributed by atoms with Crippen LogP contribution < -0.4 is 11.1 Å². The number of carbonyl (C=O) groups excluding carboxylic acids is 2. The van der Waals surface area contributed by atoms with Crippen molar-refractivity contribution in [3.05, 3.63) is 65.2 Å². The van der Waals surface area contributed by atoms with Gasteiger partial charge in [-0.05, 0) is 42.2 Å². The normalized spacial score (nSPS) is 18.1. The molecular formula is C22H24N2O4. The molecular weight excluding hydrogens is 356 g/mol. The van der Waals surface area contributed by atoms with Crippen LogP contribution in [0.5, 0.6) is 0 Å². The minimum atomic E-state index is -0.978. The van der Waals surface area contributed by atoms with Gasteiger partial charge in [0.2, 0.25) is 5.91 Å². The number of carboxylic acids is 1. The summed E-state index contributed by atoms with van der Waals surface area (Å²) in [6, 6.07) is 14.4. The van der Waals surface area contributed by atoms with Gasteiger partial charge in [-0.3, -0.25) is 14.4 Å². The van der Waals surface area contributed by atoms with Crippen molar-refractivity contribution < 1.29 is 19.5 Å². The van der Waals surface area contributed by atoms with Gasteiger partial charge in [0.05, 0.1) is 6.42 Å². The number of hydrogen-bond acceptors (Lipinski definition) is 4. The summed E-state index contributed by atoms with van der Waals surface area (Å²) in [6.45, 7) is 1.50. The molecule has 0 radical (unpaired) electrons. The summed E-state index contributed by atoms with van der Waals surface area (Å²) in [5, 5.41) is 12.3. The zero-order valence-electron chi connectivity index (χ0n) is 15.8. The van der Waals surface area contributed by atoms with Gasteiger partial charge in [-0.1, -0.05) is 30.3 Å². The molecule has 28 heavy (non-hydrogen) atoms. The number of rotatable bonds is 6. The number of hydrogen-bond donors (Lipinski definition) is 3. The standard InChI is InChI=1S/C22H24N2O4/c1-14(25)24-17-8-9-18-15(11-17)7-10-19(21(18)28)22(13-23,12-20(26)27)16-5-3-2-4-6-16/h2-6,8-9,11,19H,7,10,12-13,23H2,1H3,(H,24,25)(H,26,27)/t19?,22-/m1/s1. The van der Waals surface area contributed by atoms with E-state index >= 15 is 0 Å². The molecule has 0 fully saturated rings. The van der Waals surface area contributed by atoms with Gasteiger partial charge in [0.1, 0.15) is 0 Å². The first kappa shape index (κ1) is 19.8. The molecule has 146 valence electrons. The highest BCUT2D eigenvalue weighted by atomic mass is 16.4. The minimum Gasteiger partial charge on any atom is -0.481 e. The van der Waals surface area contributed by atoms with E-state index in [1.807, 2.05) is 36.4 Å². The average molecular weight is 380 g/mol. The van der Waals surface area contributed by atoms with Crippen LogP contribution >= 0.6 is 0 Å². The van der Waals surface area contributed by atoms with Crippen LogP contribution in [0.2, 0.25) is 0 Å². The molecule has 0 aliphatic heterocycles. The SMILES string of the molecule is CC(=O)Nc1ccc2c(c1)CCC([C@@](CN)(CC(=O)O)c1ccccc1)C2=O. The third-order valence-corrected chi connectivity index (χ3v) is 5.56. The van der Waals surface area contributed by atoms with Crippen LogP contribution in [0.25, 0.3) is 0 Å². The quantitative estimate of drug-likeness (QED) is 0.714. The topological polar surface area (TPSA) is 109 Å². The number of nitrogens with one attached hydrogen (secondary N) is 1. The van der Waals surface area contributed by atoms with E-state index in [0.717, 1.165) is 11.1 Å². The summed E-state index contributed by atoms with van der Waals surface area (Å²) in [5.41, 5.74) is 8.02. The zero-order valence-corrected chi connectivity index (χ0v) is 15.8. The van der Waals surface area contributed by atoms with E-state index in [4.69, 9.17) is 5.73 Å². The molecule has 0 saturated carbocycles. The van der Waals surface area contributed by atoms with Crippen LogP contribution in [0.3, 0.4) is 0 Å². The Morgan fingerprint density at radius 3 is 2.54 bits per heavy atom. The predicted molar refractivity (Wildman–Crippen MR) is 106 cm³/mol. The van der Waals surface area contributed by atoms with Gasteiger partial charge in [0, 0.05) is 36.1 Å². The summed E-state index contributed by atoms with van der Waals surface area (Å²) in [7, 11) is 0. The van der Waals surface area contributed by atoms with Crippen molar-refractivity contribution in [2.24, 2.45) is 11.7 Å². The predicted octanol–water partition coefficient (Wildman–Crippen LogP) is 2.76. The van der Waals surface area contributed by atoms with Crippen molar-refractivity contribution in [2.75, 3.05) is 11.9 Å². The van der Waals surface area contributed by atoms with Crippen molar-refractivity contribution in [1.29, 1.82) is 0 Å². The number of benzene rings is 2. The molecule has 2 atom stereocenters. The van der Waals surface area contributed by atoms with Gasteiger partial charge in [0.25, 0.3) is 0 Å². The van der Waals surface area contributed by atoms with Crippen molar-refractivity contribution in [3.63, 3.8) is 0 Å². The van der Waals surface area contributed by atoms with Gasteiger partial charge in [0.15, 0.2) is 5.78 Å². The number of carbonyl (C=O) groups is 3. The first-order chi connectivity index (χ1) is 13.4. The number of fused-ring (bicyclic) bond motifs is 1. The van der Waals surface area contributed by atoms with E-state index in [-0.39, 0.29) is 24.7 Å². The number of aryl methyl sites for hydroxylation is 1. The molecule has 2 aromatic rings. The molecule has 0 bridgehead atoms. The smallest absolute Gasteiger partial charge is 0.304 e. The largest absolute Gasteiger partial charge is 0.481 e. The second-order valence-electron chi connectivity index (χ2n) is 7.31. The lowest BCUT2D eigenvalue weighted by Crippen LogP contribution is -2.49. The lowest BCUT2D eigenvalue weighted by Gasteiger charge is -2.41. The Bertz CT molecular complexity index is 910. The Hall–Kier alpha value is -2.99. The summed E-state index contributed by atoms with van der Waals surface area (Å²) >= 11 is 0. The maximum atomic E-state index is 13.4. The monoisotopic (exact) mass is 380 g/mol. The summed E-state index contributed by atoms with van der Waals surface area (Å²) in [4.78, 5) is 36.3. The van der Waals surface area contributed by atoms with Gasteiger partial charge in [-0.25, -0.2) is 0 Å². The number of amides is 1. The van der Waals surface area contributed by atoms with E-state index in [2.05, 4.69) is 5.32 Å². The molecule has 4 N–H and O–H groups in total. The fourth-order valence-electron chi connectivity index (χ4n) is 4.27. The Balaban J connectivity index is 2.03. The Kier molecular flexibility index (Phi) is 5.61. The molecule has 1 amide bonds. The first-order valence-electron chi connectivity index (χ1n) is 9.29. The molecule has 0 spiro atoms. The van der Waals surface area contributed by atoms with E-state index in [1.165, 1.54) is 6.92 Å². The van der Waals surface area contributed by atoms with Crippen molar-refractivity contribution in [2.45, 2.75) is 31.6 Å². The molecule has 0 aromatic heterocycles. The van der Waals surface area contributed by atoms with Crippen LogP contribution in [0.4, 0.5) is 5.69 Å². The van der Waals surface area contributed by atoms with Gasteiger partial charge in [-0.15, -0.1) is 0 Å². The summed E-state index contributed by atoms with van der Waals surface area (Å²) in [6.07, 6.45) is 0.922. The molecule has 1 unspecified atom stereocenters. The number of ketones is 1. The molecule has 6 heteroatoms. The second-order valence-corrected chi connectivity index (χ2v) is 7.31. The molecule has 2 aromatic carbocycles. The third kappa shape index (κ3) is 3.68. The lowest BCUT2D eigenvalue weighted by molar-refractivity contribution is -0.138. The van der Waals surface area contributed by atoms with Crippen LogP contribution in [0.1, 0.15) is 41.3 Å². The average Bonchev–Trinajstić information content (AvgIpc) is 2.66. The van der Waals surface area contributed by atoms with E-state index in [1.54, 1.807) is 12.1 Å². The fourth-order valence-corrected chi connectivity index (χ4v) is 4.27. The lowest BCUT2D eigenvalue weighted by atomic mass is 9.62.